The third-order valence-electron chi connectivity index (χ3n) is 9.25. The standard InChI is InChI=1S/C20H30O4/c1-17-6-3-7-18(2,16(21)22)13(17)4-8-19-10-12-11-20(23,15(19)24-12)9-5-14(17)19/h12-15,23H,3-11H2,1-2H3,(H,21,22)/t12-,13-,14-,15+,17+,18-,19+,20-/m0/s1. The molecule has 5 aliphatic rings. The van der Waals surface area contributed by atoms with Crippen molar-refractivity contribution < 1.29 is 19.7 Å². The summed E-state index contributed by atoms with van der Waals surface area (Å²) in [6, 6.07) is 0. The summed E-state index contributed by atoms with van der Waals surface area (Å²) in [5.74, 6) is 0.168. The lowest BCUT2D eigenvalue weighted by Gasteiger charge is -2.66. The van der Waals surface area contributed by atoms with Crippen molar-refractivity contribution in [1.29, 1.82) is 0 Å². The Balaban J connectivity index is 1.58. The summed E-state index contributed by atoms with van der Waals surface area (Å²) in [7, 11) is 0. The molecule has 3 saturated carbocycles. The number of hydrogen-bond acceptors (Lipinski definition) is 3. The van der Waals surface area contributed by atoms with Gasteiger partial charge in [0.2, 0.25) is 0 Å². The smallest absolute Gasteiger partial charge is 0.309 e. The summed E-state index contributed by atoms with van der Waals surface area (Å²) in [6.45, 7) is 4.37. The second-order valence-corrected chi connectivity index (χ2v) is 10.1. The third-order valence-corrected chi connectivity index (χ3v) is 9.25. The normalized spacial score (nSPS) is 61.3. The van der Waals surface area contributed by atoms with Crippen LogP contribution in [0.5, 0.6) is 0 Å². The highest BCUT2D eigenvalue weighted by Crippen LogP contribution is 2.73. The molecular weight excluding hydrogens is 304 g/mol. The van der Waals surface area contributed by atoms with E-state index in [0.29, 0.717) is 5.92 Å². The number of ether oxygens (including phenoxy) is 1. The lowest BCUT2D eigenvalue weighted by molar-refractivity contribution is -0.220. The summed E-state index contributed by atoms with van der Waals surface area (Å²) in [5.41, 5.74) is -0.995. The highest BCUT2D eigenvalue weighted by Gasteiger charge is 2.73. The van der Waals surface area contributed by atoms with E-state index in [9.17, 15) is 15.0 Å². The van der Waals surface area contributed by atoms with Gasteiger partial charge in [0.15, 0.2) is 0 Å². The van der Waals surface area contributed by atoms with Gasteiger partial charge in [-0.25, -0.2) is 0 Å². The van der Waals surface area contributed by atoms with Crippen LogP contribution in [0, 0.1) is 28.1 Å². The molecule has 4 nitrogen and oxygen atoms in total. The molecule has 2 saturated heterocycles. The Hall–Kier alpha value is -0.610. The van der Waals surface area contributed by atoms with Crippen molar-refractivity contribution in [3.63, 3.8) is 0 Å². The molecular formula is C20H30O4. The van der Waals surface area contributed by atoms with Gasteiger partial charge in [-0.15, -0.1) is 0 Å². The van der Waals surface area contributed by atoms with Crippen LogP contribution in [-0.4, -0.2) is 34.0 Å². The lowest BCUT2D eigenvalue weighted by atomic mass is 9.37. The topological polar surface area (TPSA) is 66.8 Å². The molecule has 2 heterocycles. The molecule has 3 aliphatic carbocycles. The quantitative estimate of drug-likeness (QED) is 0.771. The number of aliphatic hydroxyl groups is 1. The van der Waals surface area contributed by atoms with E-state index in [1.165, 1.54) is 0 Å². The Kier molecular flexibility index (Phi) is 2.85. The predicted octanol–water partition coefficient (Wildman–Crippen LogP) is 3.37. The molecule has 24 heavy (non-hydrogen) atoms. The van der Waals surface area contributed by atoms with Crippen molar-refractivity contribution in [2.45, 2.75) is 89.4 Å². The van der Waals surface area contributed by atoms with Gasteiger partial charge in [-0.2, -0.15) is 0 Å². The Morgan fingerprint density at radius 3 is 2.50 bits per heavy atom. The molecule has 4 heteroatoms. The molecule has 2 aliphatic heterocycles. The maximum Gasteiger partial charge on any atom is 0.309 e. The van der Waals surface area contributed by atoms with E-state index in [-0.39, 0.29) is 29.0 Å². The monoisotopic (exact) mass is 334 g/mol. The molecule has 1 spiro atoms. The van der Waals surface area contributed by atoms with Crippen LogP contribution >= 0.6 is 0 Å². The van der Waals surface area contributed by atoms with Crippen LogP contribution in [0.1, 0.15) is 71.6 Å². The van der Waals surface area contributed by atoms with Crippen LogP contribution < -0.4 is 0 Å². The molecule has 5 fully saturated rings. The van der Waals surface area contributed by atoms with Gasteiger partial charge < -0.3 is 14.9 Å². The fraction of sp³-hybridized carbons (Fsp3) is 0.950. The number of carbonyl (C=O) groups is 1. The fourth-order valence-electron chi connectivity index (χ4n) is 8.47. The number of rotatable bonds is 1. The van der Waals surface area contributed by atoms with Gasteiger partial charge in [-0.05, 0) is 69.1 Å². The molecule has 8 atom stereocenters. The van der Waals surface area contributed by atoms with Crippen molar-refractivity contribution in [3.8, 4) is 0 Å². The van der Waals surface area contributed by atoms with E-state index in [1.54, 1.807) is 0 Å². The first-order valence-corrected chi connectivity index (χ1v) is 9.86. The molecule has 0 aromatic rings. The summed E-state index contributed by atoms with van der Waals surface area (Å²) in [6.07, 6.45) is 9.04. The molecule has 0 aromatic heterocycles. The first kappa shape index (κ1) is 15.6. The van der Waals surface area contributed by atoms with E-state index in [4.69, 9.17) is 4.74 Å². The number of fused-ring (bicyclic) bond motifs is 3. The molecule has 2 N–H and O–H groups in total. The first-order chi connectivity index (χ1) is 11.2. The number of aliphatic carboxylic acids is 1. The Morgan fingerprint density at radius 1 is 1.04 bits per heavy atom. The Morgan fingerprint density at radius 2 is 1.79 bits per heavy atom. The summed E-state index contributed by atoms with van der Waals surface area (Å²) in [4.78, 5) is 12.1. The van der Waals surface area contributed by atoms with Crippen LogP contribution in [0.25, 0.3) is 0 Å². The largest absolute Gasteiger partial charge is 0.481 e. The van der Waals surface area contributed by atoms with Gasteiger partial charge >= 0.3 is 5.97 Å². The molecule has 0 amide bonds. The zero-order valence-corrected chi connectivity index (χ0v) is 14.9. The average Bonchev–Trinajstić information content (AvgIpc) is 3.01. The van der Waals surface area contributed by atoms with Crippen LogP contribution in [0.2, 0.25) is 0 Å². The molecule has 0 aromatic carbocycles. The summed E-state index contributed by atoms with van der Waals surface area (Å²) < 4.78 is 6.26. The molecule has 5 rings (SSSR count). The van der Waals surface area contributed by atoms with Gasteiger partial charge in [-0.3, -0.25) is 4.79 Å². The van der Waals surface area contributed by atoms with Crippen molar-refractivity contribution in [2.75, 3.05) is 0 Å². The van der Waals surface area contributed by atoms with Gasteiger partial charge in [0.1, 0.15) is 0 Å². The average molecular weight is 334 g/mol. The molecule has 2 bridgehead atoms. The van der Waals surface area contributed by atoms with Crippen molar-refractivity contribution in [1.82, 2.24) is 0 Å². The third kappa shape index (κ3) is 1.56. The van der Waals surface area contributed by atoms with E-state index in [0.717, 1.165) is 57.8 Å². The number of carboxylic acids is 1. The van der Waals surface area contributed by atoms with Crippen molar-refractivity contribution >= 4 is 5.97 Å². The minimum absolute atomic E-state index is 0.00420. The predicted molar refractivity (Wildman–Crippen MR) is 88.4 cm³/mol. The van der Waals surface area contributed by atoms with Crippen molar-refractivity contribution in [3.05, 3.63) is 0 Å². The van der Waals surface area contributed by atoms with Crippen molar-refractivity contribution in [2.24, 2.45) is 28.1 Å². The summed E-state index contributed by atoms with van der Waals surface area (Å²) in [5, 5.41) is 21.1. The zero-order valence-electron chi connectivity index (χ0n) is 14.9. The Labute approximate surface area is 144 Å². The Bertz CT molecular complexity index is 604. The van der Waals surface area contributed by atoms with Crippen LogP contribution in [0.3, 0.4) is 0 Å². The van der Waals surface area contributed by atoms with E-state index in [1.807, 2.05) is 6.92 Å². The highest BCUT2D eigenvalue weighted by molar-refractivity contribution is 5.75. The van der Waals surface area contributed by atoms with Gasteiger partial charge in [-0.1, -0.05) is 13.3 Å². The van der Waals surface area contributed by atoms with Crippen LogP contribution in [0.4, 0.5) is 0 Å². The van der Waals surface area contributed by atoms with Gasteiger partial charge in [0.25, 0.3) is 0 Å². The minimum Gasteiger partial charge on any atom is -0.481 e. The summed E-state index contributed by atoms with van der Waals surface area (Å²) >= 11 is 0. The van der Waals surface area contributed by atoms with E-state index in [2.05, 4.69) is 6.92 Å². The lowest BCUT2D eigenvalue weighted by Crippen LogP contribution is -2.66. The second kappa shape index (κ2) is 4.37. The SMILES string of the molecule is C[C@@]12CCC[C@](C)(C(=O)O)[C@H]1CC[C@@]13C[C@H]4C[C@@](O)(CC[C@@H]21)[C@@H]3O4. The second-order valence-electron chi connectivity index (χ2n) is 10.1. The first-order valence-electron chi connectivity index (χ1n) is 9.86. The number of hydrogen-bond donors (Lipinski definition) is 2. The molecule has 0 radical (unpaired) electrons. The highest BCUT2D eigenvalue weighted by atomic mass is 16.5. The minimum atomic E-state index is -0.606. The van der Waals surface area contributed by atoms with E-state index >= 15 is 0 Å². The number of carboxylic acid groups (broad SMARTS) is 1. The van der Waals surface area contributed by atoms with Crippen LogP contribution in [-0.2, 0) is 9.53 Å². The molecule has 134 valence electrons. The zero-order chi connectivity index (χ0) is 17.0. The van der Waals surface area contributed by atoms with E-state index < -0.39 is 17.0 Å². The fourth-order valence-corrected chi connectivity index (χ4v) is 8.47. The van der Waals surface area contributed by atoms with Gasteiger partial charge in [0.05, 0.1) is 23.2 Å². The molecule has 0 unspecified atom stereocenters. The maximum atomic E-state index is 12.1. The van der Waals surface area contributed by atoms with Gasteiger partial charge in [0, 0.05) is 11.8 Å². The van der Waals surface area contributed by atoms with Crippen LogP contribution in [0.15, 0.2) is 0 Å². The maximum absolute atomic E-state index is 12.1.